The van der Waals surface area contributed by atoms with Gasteiger partial charge in [0.1, 0.15) is 5.75 Å². The van der Waals surface area contributed by atoms with Crippen molar-refractivity contribution in [3.8, 4) is 5.75 Å². The van der Waals surface area contributed by atoms with Gasteiger partial charge in [0.15, 0.2) is 5.78 Å². The Morgan fingerprint density at radius 2 is 1.73 bits per heavy atom. The van der Waals surface area contributed by atoms with Gasteiger partial charge in [-0.1, -0.05) is 0 Å². The number of rotatable bonds is 5. The zero-order valence-electron chi connectivity index (χ0n) is 12.0. The summed E-state index contributed by atoms with van der Waals surface area (Å²) in [6.45, 7) is -0.0489. The van der Waals surface area contributed by atoms with Gasteiger partial charge in [0.2, 0.25) is 0 Å². The zero-order chi connectivity index (χ0) is 15.9. The van der Waals surface area contributed by atoms with E-state index < -0.39 is 6.09 Å². The molecule has 0 saturated carbocycles. The lowest BCUT2D eigenvalue weighted by molar-refractivity contribution is 0.100. The molecule has 3 N–H and O–H groups in total. The molecule has 0 aliphatic heterocycles. The number of nitrogens with two attached hydrogens (primary N) is 1. The van der Waals surface area contributed by atoms with Crippen LogP contribution in [0.25, 0.3) is 0 Å². The van der Waals surface area contributed by atoms with Crippen molar-refractivity contribution in [2.45, 2.75) is 4.90 Å². The number of hydrogen-bond acceptors (Lipinski definition) is 5. The minimum absolute atomic E-state index is 0.0489. The average molecular weight is 316 g/mol. The van der Waals surface area contributed by atoms with Crippen LogP contribution in [0.2, 0.25) is 0 Å². The van der Waals surface area contributed by atoms with E-state index in [1.807, 2.05) is 18.4 Å². The molecule has 0 bridgehead atoms. The number of nitrogens with one attached hydrogen (secondary N) is 1. The van der Waals surface area contributed by atoms with E-state index in [9.17, 15) is 9.59 Å². The first-order chi connectivity index (χ1) is 10.6. The fourth-order valence-electron chi connectivity index (χ4n) is 1.75. The molecule has 0 radical (unpaired) electrons. The van der Waals surface area contributed by atoms with E-state index in [2.05, 4.69) is 5.32 Å². The van der Waals surface area contributed by atoms with Crippen molar-refractivity contribution in [2.24, 2.45) is 5.73 Å². The molecule has 0 saturated heterocycles. The topological polar surface area (TPSA) is 81.4 Å². The summed E-state index contributed by atoms with van der Waals surface area (Å²) in [4.78, 5) is 24.3. The molecule has 0 atom stereocenters. The second-order valence-electron chi connectivity index (χ2n) is 4.39. The van der Waals surface area contributed by atoms with Gasteiger partial charge in [-0.05, 0) is 54.8 Å². The maximum Gasteiger partial charge on any atom is 0.417 e. The monoisotopic (exact) mass is 316 g/mol. The largest absolute Gasteiger partial charge is 0.417 e. The number of amides is 1. The van der Waals surface area contributed by atoms with Crippen LogP contribution in [0.5, 0.6) is 5.75 Å². The maximum atomic E-state index is 11.8. The summed E-state index contributed by atoms with van der Waals surface area (Å²) in [7, 11) is 0. The molecule has 0 aliphatic rings. The van der Waals surface area contributed by atoms with Gasteiger partial charge in [0.05, 0.1) is 6.54 Å². The molecule has 0 aromatic heterocycles. The Balaban J connectivity index is 1.94. The lowest BCUT2D eigenvalue weighted by Gasteiger charge is -2.07. The molecule has 0 fully saturated rings. The molecule has 0 aliphatic carbocycles. The number of hydrogen-bond donors (Lipinski definition) is 2. The fourth-order valence-corrected chi connectivity index (χ4v) is 2.16. The first kappa shape index (κ1) is 16.1. The maximum absolute atomic E-state index is 11.8. The van der Waals surface area contributed by atoms with Crippen LogP contribution in [0, 0.1) is 0 Å². The molecular weight excluding hydrogens is 300 g/mol. The number of carbonyl (C=O) groups is 2. The van der Waals surface area contributed by atoms with Crippen LogP contribution in [-0.2, 0) is 0 Å². The van der Waals surface area contributed by atoms with Crippen molar-refractivity contribution >= 4 is 29.3 Å². The highest BCUT2D eigenvalue weighted by Crippen LogP contribution is 2.18. The Labute approximate surface area is 132 Å². The molecule has 0 heterocycles. The number of ether oxygens (including phenoxy) is 1. The van der Waals surface area contributed by atoms with Gasteiger partial charge in [0.25, 0.3) is 0 Å². The van der Waals surface area contributed by atoms with E-state index in [4.69, 9.17) is 10.5 Å². The third kappa shape index (κ3) is 4.34. The lowest BCUT2D eigenvalue weighted by Crippen LogP contribution is -2.17. The summed E-state index contributed by atoms with van der Waals surface area (Å²) >= 11 is 1.62. The number of Topliss-reactive ketones (excluding diaryl/α,β-unsaturated/α-hetero) is 1. The first-order valence-electron chi connectivity index (χ1n) is 6.58. The molecule has 2 aromatic rings. The van der Waals surface area contributed by atoms with Crippen LogP contribution >= 0.6 is 11.8 Å². The van der Waals surface area contributed by atoms with Crippen LogP contribution in [-0.4, -0.2) is 24.7 Å². The summed E-state index contributed by atoms with van der Waals surface area (Å²) in [5.41, 5.74) is 6.42. The fraction of sp³-hybridized carbons (Fsp3) is 0.125. The van der Waals surface area contributed by atoms with Crippen LogP contribution in [0.15, 0.2) is 53.4 Å². The Bertz CT molecular complexity index is 654. The number of thioether (sulfide) groups is 1. The van der Waals surface area contributed by atoms with Crippen LogP contribution in [0.4, 0.5) is 10.5 Å². The Kier molecular flexibility index (Phi) is 5.57. The molecule has 0 spiro atoms. The summed E-state index contributed by atoms with van der Waals surface area (Å²) in [5.74, 6) is 0.191. The summed E-state index contributed by atoms with van der Waals surface area (Å²) in [5, 5.41) is 2.63. The third-order valence-corrected chi connectivity index (χ3v) is 3.65. The van der Waals surface area contributed by atoms with E-state index in [-0.39, 0.29) is 12.3 Å². The van der Waals surface area contributed by atoms with Gasteiger partial charge in [-0.2, -0.15) is 0 Å². The molecule has 1 amide bonds. The highest BCUT2D eigenvalue weighted by molar-refractivity contribution is 7.98. The van der Waals surface area contributed by atoms with E-state index >= 15 is 0 Å². The molecule has 5 nitrogen and oxygen atoms in total. The molecule has 2 aromatic carbocycles. The van der Waals surface area contributed by atoms with Crippen LogP contribution in [0.3, 0.4) is 0 Å². The van der Waals surface area contributed by atoms with Gasteiger partial charge in [-0.15, -0.1) is 11.8 Å². The molecule has 22 heavy (non-hydrogen) atoms. The highest BCUT2D eigenvalue weighted by Gasteiger charge is 2.07. The first-order valence-corrected chi connectivity index (χ1v) is 7.81. The van der Waals surface area contributed by atoms with Gasteiger partial charge in [0, 0.05) is 16.1 Å². The van der Waals surface area contributed by atoms with E-state index in [0.717, 1.165) is 4.90 Å². The second-order valence-corrected chi connectivity index (χ2v) is 5.27. The second kappa shape index (κ2) is 7.63. The standard InChI is InChI=1S/C16H16N2O3S/c1-22-14-8-4-12(5-9-14)18-16(20)21-13-6-2-11(3-7-13)15(19)10-17/h2-9H,10,17H2,1H3,(H,18,20). The Morgan fingerprint density at radius 3 is 2.27 bits per heavy atom. The van der Waals surface area contributed by atoms with Gasteiger partial charge in [-0.3, -0.25) is 10.1 Å². The normalized spacial score (nSPS) is 10.1. The molecule has 2 rings (SSSR count). The van der Waals surface area contributed by atoms with Crippen LogP contribution < -0.4 is 15.8 Å². The van der Waals surface area contributed by atoms with Crippen molar-refractivity contribution in [2.75, 3.05) is 18.1 Å². The predicted octanol–water partition coefficient (Wildman–Crippen LogP) is 3.16. The minimum Gasteiger partial charge on any atom is -0.410 e. The average Bonchev–Trinajstić information content (AvgIpc) is 2.55. The lowest BCUT2D eigenvalue weighted by atomic mass is 10.1. The quantitative estimate of drug-likeness (QED) is 0.654. The van der Waals surface area contributed by atoms with E-state index in [1.54, 1.807) is 48.2 Å². The molecule has 114 valence electrons. The number of anilines is 1. The summed E-state index contributed by atoms with van der Waals surface area (Å²) in [6.07, 6.45) is 1.39. The predicted molar refractivity (Wildman–Crippen MR) is 87.7 cm³/mol. The zero-order valence-corrected chi connectivity index (χ0v) is 12.9. The SMILES string of the molecule is CSc1ccc(NC(=O)Oc2ccc(C(=O)CN)cc2)cc1. The van der Waals surface area contributed by atoms with Crippen molar-refractivity contribution in [3.05, 3.63) is 54.1 Å². The van der Waals surface area contributed by atoms with Crippen LogP contribution in [0.1, 0.15) is 10.4 Å². The van der Waals surface area contributed by atoms with Crippen molar-refractivity contribution in [3.63, 3.8) is 0 Å². The minimum atomic E-state index is -0.588. The van der Waals surface area contributed by atoms with Gasteiger partial charge >= 0.3 is 6.09 Å². The summed E-state index contributed by atoms with van der Waals surface area (Å²) < 4.78 is 5.15. The molecular formula is C16H16N2O3S. The van der Waals surface area contributed by atoms with Crippen molar-refractivity contribution in [1.82, 2.24) is 0 Å². The van der Waals surface area contributed by atoms with E-state index in [1.165, 1.54) is 0 Å². The van der Waals surface area contributed by atoms with Gasteiger partial charge in [-0.25, -0.2) is 4.79 Å². The smallest absolute Gasteiger partial charge is 0.410 e. The molecule has 6 heteroatoms. The van der Waals surface area contributed by atoms with E-state index in [0.29, 0.717) is 17.0 Å². The number of carbonyl (C=O) groups excluding carboxylic acids is 2. The summed E-state index contributed by atoms with van der Waals surface area (Å²) in [6, 6.07) is 13.7. The number of benzene rings is 2. The highest BCUT2D eigenvalue weighted by atomic mass is 32.2. The number of ketones is 1. The van der Waals surface area contributed by atoms with Crippen molar-refractivity contribution < 1.29 is 14.3 Å². The Morgan fingerprint density at radius 1 is 1.09 bits per heavy atom. The van der Waals surface area contributed by atoms with Gasteiger partial charge < -0.3 is 10.5 Å². The third-order valence-electron chi connectivity index (χ3n) is 2.91. The van der Waals surface area contributed by atoms with Crippen molar-refractivity contribution in [1.29, 1.82) is 0 Å². The Hall–Kier alpha value is -2.31. The molecule has 0 unspecified atom stereocenters.